The zero-order valence-electron chi connectivity index (χ0n) is 19.2. The Morgan fingerprint density at radius 1 is 1.03 bits per heavy atom. The van der Waals surface area contributed by atoms with Gasteiger partial charge >= 0.3 is 5.69 Å². The van der Waals surface area contributed by atoms with Gasteiger partial charge in [0, 0.05) is 21.8 Å². The minimum absolute atomic E-state index is 0.0727. The second-order valence-electron chi connectivity index (χ2n) is 10.4. The summed E-state index contributed by atoms with van der Waals surface area (Å²) in [5, 5.41) is 24.4. The molecule has 3 aromatic rings. The van der Waals surface area contributed by atoms with Gasteiger partial charge in [-0.05, 0) is 68.4 Å². The number of amides is 1. The van der Waals surface area contributed by atoms with E-state index in [1.54, 1.807) is 22.9 Å². The van der Waals surface area contributed by atoms with Gasteiger partial charge in [-0.15, -0.1) is 0 Å². The normalized spacial score (nSPS) is 26.4. The Labute approximate surface area is 221 Å². The molecule has 1 amide bonds. The Morgan fingerprint density at radius 3 is 2.22 bits per heavy atom. The predicted molar refractivity (Wildman–Crippen MR) is 136 cm³/mol. The molecule has 0 spiro atoms. The molecule has 12 heteroatoms. The molecule has 4 aliphatic rings. The Bertz CT molecular complexity index is 1330. The summed E-state index contributed by atoms with van der Waals surface area (Å²) in [5.41, 5.74) is -0.147. The minimum Gasteiger partial charge on any atom is -0.302 e. The van der Waals surface area contributed by atoms with Crippen molar-refractivity contribution in [1.82, 2.24) is 19.6 Å². The monoisotopic (exact) mass is 548 g/mol. The van der Waals surface area contributed by atoms with Gasteiger partial charge in [0.2, 0.25) is 5.69 Å². The quantitative estimate of drug-likeness (QED) is 0.292. The number of carbonyl (C=O) groups excluding carboxylic acids is 1. The van der Waals surface area contributed by atoms with Crippen LogP contribution in [-0.4, -0.2) is 30.4 Å². The maximum absolute atomic E-state index is 13.2. The number of rotatable bonds is 6. The van der Waals surface area contributed by atoms with Crippen LogP contribution in [-0.2, 0) is 12.1 Å². The van der Waals surface area contributed by atoms with Crippen molar-refractivity contribution < 1.29 is 9.72 Å². The third-order valence-corrected chi connectivity index (χ3v) is 8.91. The highest BCUT2D eigenvalue weighted by molar-refractivity contribution is 6.36. The van der Waals surface area contributed by atoms with Crippen LogP contribution in [0.2, 0.25) is 15.1 Å². The number of aromatic nitrogens is 4. The average molecular weight is 550 g/mol. The van der Waals surface area contributed by atoms with Crippen molar-refractivity contribution in [2.45, 2.75) is 50.6 Å². The Kier molecular flexibility index (Phi) is 5.77. The molecule has 4 saturated carbocycles. The number of nitro groups is 1. The lowest BCUT2D eigenvalue weighted by atomic mass is 9.53. The summed E-state index contributed by atoms with van der Waals surface area (Å²) in [5.74, 6) is 1.24. The molecule has 1 N–H and O–H groups in total. The van der Waals surface area contributed by atoms with E-state index in [1.165, 1.54) is 36.3 Å². The van der Waals surface area contributed by atoms with Gasteiger partial charge in [-0.3, -0.25) is 24.3 Å². The van der Waals surface area contributed by atoms with Crippen molar-refractivity contribution in [2.75, 3.05) is 5.32 Å². The van der Waals surface area contributed by atoms with Gasteiger partial charge in [0.25, 0.3) is 5.91 Å². The molecule has 4 bridgehead atoms. The zero-order valence-corrected chi connectivity index (χ0v) is 21.4. The van der Waals surface area contributed by atoms with Gasteiger partial charge in [0.15, 0.2) is 5.82 Å². The molecule has 2 heterocycles. The first-order chi connectivity index (χ1) is 17.2. The maximum atomic E-state index is 13.2. The molecular weight excluding hydrogens is 527 g/mol. The Morgan fingerprint density at radius 2 is 1.64 bits per heavy atom. The van der Waals surface area contributed by atoms with Crippen LogP contribution in [0, 0.1) is 27.9 Å². The fourth-order valence-electron chi connectivity index (χ4n) is 6.82. The molecule has 7 rings (SSSR count). The number of benzene rings is 1. The molecule has 0 radical (unpaired) electrons. The first-order valence-corrected chi connectivity index (χ1v) is 13.1. The summed E-state index contributed by atoms with van der Waals surface area (Å²) in [6.45, 7) is 0.231. The van der Waals surface area contributed by atoms with Gasteiger partial charge in [-0.2, -0.15) is 10.2 Å². The number of nitrogens with one attached hydrogen (secondary N) is 1. The molecule has 36 heavy (non-hydrogen) atoms. The van der Waals surface area contributed by atoms with E-state index in [4.69, 9.17) is 34.8 Å². The van der Waals surface area contributed by atoms with E-state index in [0.717, 1.165) is 19.3 Å². The van der Waals surface area contributed by atoms with Crippen molar-refractivity contribution in [1.29, 1.82) is 0 Å². The summed E-state index contributed by atoms with van der Waals surface area (Å²) in [6, 6.07) is 5.18. The zero-order chi connectivity index (χ0) is 25.2. The number of carbonyl (C=O) groups is 1. The summed E-state index contributed by atoms with van der Waals surface area (Å²) in [4.78, 5) is 24.5. The van der Waals surface area contributed by atoms with E-state index in [1.807, 2.05) is 0 Å². The third-order valence-electron chi connectivity index (χ3n) is 7.93. The summed E-state index contributed by atoms with van der Waals surface area (Å²) in [6.07, 6.45) is 9.53. The molecule has 0 aliphatic heterocycles. The van der Waals surface area contributed by atoms with E-state index >= 15 is 0 Å². The number of hydrogen-bond acceptors (Lipinski definition) is 5. The fourth-order valence-corrected chi connectivity index (χ4v) is 7.54. The molecule has 0 atom stereocenters. The van der Waals surface area contributed by atoms with Crippen LogP contribution in [0.25, 0.3) is 0 Å². The van der Waals surface area contributed by atoms with Crippen LogP contribution in [0.4, 0.5) is 11.5 Å². The summed E-state index contributed by atoms with van der Waals surface area (Å²) in [7, 11) is 0. The van der Waals surface area contributed by atoms with E-state index in [0.29, 0.717) is 33.4 Å². The van der Waals surface area contributed by atoms with E-state index in [-0.39, 0.29) is 34.3 Å². The molecule has 4 aliphatic carbocycles. The molecule has 1 aromatic carbocycles. The third kappa shape index (κ3) is 4.07. The van der Waals surface area contributed by atoms with E-state index < -0.39 is 10.8 Å². The highest BCUT2D eigenvalue weighted by atomic mass is 35.5. The predicted octanol–water partition coefficient (Wildman–Crippen LogP) is 6.17. The van der Waals surface area contributed by atoms with Crippen LogP contribution in [0.5, 0.6) is 0 Å². The standard InChI is InChI=1S/C24H23Cl3N6O3/c25-17-2-1-3-18(26)16(17)10-31-11-19(27)22(30-31)28-23(34)21-20(33(35)36)12-32(29-21)24-7-13-4-14(8-24)6-15(5-13)9-24/h1-3,11-15H,4-10H2,(H,28,30,34). The van der Waals surface area contributed by atoms with Crippen LogP contribution in [0.3, 0.4) is 0 Å². The summed E-state index contributed by atoms with van der Waals surface area (Å²) < 4.78 is 3.21. The number of hydrogen-bond donors (Lipinski definition) is 1. The first-order valence-electron chi connectivity index (χ1n) is 11.9. The van der Waals surface area contributed by atoms with E-state index in [9.17, 15) is 14.9 Å². The van der Waals surface area contributed by atoms with Gasteiger partial charge in [-0.25, -0.2) is 0 Å². The lowest BCUT2D eigenvalue weighted by Crippen LogP contribution is -2.52. The van der Waals surface area contributed by atoms with Crippen molar-refractivity contribution in [2.24, 2.45) is 17.8 Å². The van der Waals surface area contributed by atoms with Gasteiger partial charge < -0.3 is 5.32 Å². The van der Waals surface area contributed by atoms with Gasteiger partial charge in [-0.1, -0.05) is 40.9 Å². The molecule has 9 nitrogen and oxygen atoms in total. The Balaban J connectivity index is 1.26. The lowest BCUT2D eigenvalue weighted by Gasteiger charge is -2.56. The second-order valence-corrected chi connectivity index (χ2v) is 11.6. The topological polar surface area (TPSA) is 108 Å². The highest BCUT2D eigenvalue weighted by Gasteiger charge is 2.53. The van der Waals surface area contributed by atoms with Crippen molar-refractivity contribution in [3.05, 3.63) is 67.0 Å². The molecule has 0 unspecified atom stereocenters. The number of nitrogens with zero attached hydrogens (tertiary/aromatic N) is 5. The first kappa shape index (κ1) is 23.8. The van der Waals surface area contributed by atoms with Crippen molar-refractivity contribution in [3.63, 3.8) is 0 Å². The SMILES string of the molecule is O=C(Nc1nn(Cc2c(Cl)cccc2Cl)cc1Cl)c1nn(C23CC4CC(CC(C4)C2)C3)cc1[N+](=O)[O-]. The van der Waals surface area contributed by atoms with Gasteiger partial charge in [0.1, 0.15) is 11.2 Å². The maximum Gasteiger partial charge on any atom is 0.320 e. The van der Waals surface area contributed by atoms with Crippen LogP contribution >= 0.6 is 34.8 Å². The second kappa shape index (κ2) is 8.75. The molecule has 2 aromatic heterocycles. The number of halogens is 3. The average Bonchev–Trinajstić information content (AvgIpc) is 3.40. The molecular formula is C24H23Cl3N6O3. The molecule has 188 valence electrons. The minimum atomic E-state index is -0.729. The van der Waals surface area contributed by atoms with Crippen LogP contribution in [0.15, 0.2) is 30.6 Å². The largest absolute Gasteiger partial charge is 0.320 e. The smallest absolute Gasteiger partial charge is 0.302 e. The van der Waals surface area contributed by atoms with Crippen molar-refractivity contribution in [3.8, 4) is 0 Å². The Hall–Kier alpha value is -2.62. The fraction of sp³-hybridized carbons (Fsp3) is 0.458. The molecule has 4 fully saturated rings. The van der Waals surface area contributed by atoms with Crippen LogP contribution < -0.4 is 5.32 Å². The summed E-state index contributed by atoms with van der Waals surface area (Å²) >= 11 is 18.8. The number of anilines is 1. The van der Waals surface area contributed by atoms with Crippen LogP contribution in [0.1, 0.15) is 54.6 Å². The van der Waals surface area contributed by atoms with Gasteiger partial charge in [0.05, 0.1) is 17.0 Å². The highest BCUT2D eigenvalue weighted by Crippen LogP contribution is 2.58. The van der Waals surface area contributed by atoms with Crippen molar-refractivity contribution >= 4 is 52.2 Å². The lowest BCUT2D eigenvalue weighted by molar-refractivity contribution is -0.385. The molecule has 0 saturated heterocycles. The van der Waals surface area contributed by atoms with E-state index in [2.05, 4.69) is 15.5 Å².